The van der Waals surface area contributed by atoms with Crippen LogP contribution in [0.25, 0.3) is 0 Å². The molecule has 84 valence electrons. The molecular weight excluding hydrogens is 238 g/mol. The molecule has 1 aromatic rings. The maximum atomic E-state index is 11.7. The van der Waals surface area contributed by atoms with Gasteiger partial charge >= 0.3 is 0 Å². The summed E-state index contributed by atoms with van der Waals surface area (Å²) in [6, 6.07) is 4.65. The van der Waals surface area contributed by atoms with E-state index in [1.165, 1.54) is 6.07 Å². The second-order valence-electron chi connectivity index (χ2n) is 3.03. The van der Waals surface area contributed by atoms with Crippen LogP contribution < -0.4 is 4.72 Å². The topological polar surface area (TPSA) is 66.4 Å². The second kappa shape index (κ2) is 4.94. The molecular formula is C9H12ClNO3S. The van der Waals surface area contributed by atoms with Crippen molar-refractivity contribution in [2.45, 2.75) is 11.8 Å². The number of benzene rings is 1. The molecule has 0 saturated carbocycles. The van der Waals surface area contributed by atoms with Crippen molar-refractivity contribution in [2.75, 3.05) is 13.2 Å². The lowest BCUT2D eigenvalue weighted by molar-refractivity contribution is 0.301. The lowest BCUT2D eigenvalue weighted by Gasteiger charge is -2.08. The van der Waals surface area contributed by atoms with Crippen molar-refractivity contribution >= 4 is 21.6 Å². The predicted molar refractivity (Wildman–Crippen MR) is 58.5 cm³/mol. The highest BCUT2D eigenvalue weighted by Crippen LogP contribution is 2.19. The first kappa shape index (κ1) is 12.4. The molecule has 0 radical (unpaired) electrons. The SMILES string of the molecule is Cc1ccc(Cl)cc1S(=O)(=O)NCCO. The van der Waals surface area contributed by atoms with Gasteiger partial charge in [0.2, 0.25) is 10.0 Å². The van der Waals surface area contributed by atoms with Crippen LogP contribution in [0.1, 0.15) is 5.56 Å². The lowest BCUT2D eigenvalue weighted by atomic mass is 10.2. The van der Waals surface area contributed by atoms with Crippen molar-refractivity contribution < 1.29 is 13.5 Å². The Morgan fingerprint density at radius 1 is 1.47 bits per heavy atom. The van der Waals surface area contributed by atoms with Gasteiger partial charge in [-0.3, -0.25) is 0 Å². The normalized spacial score (nSPS) is 11.7. The van der Waals surface area contributed by atoms with Crippen molar-refractivity contribution in [3.05, 3.63) is 28.8 Å². The van der Waals surface area contributed by atoms with Crippen molar-refractivity contribution in [3.8, 4) is 0 Å². The zero-order valence-electron chi connectivity index (χ0n) is 8.20. The highest BCUT2D eigenvalue weighted by atomic mass is 35.5. The molecule has 0 fully saturated rings. The fourth-order valence-corrected chi connectivity index (χ4v) is 2.65. The number of halogens is 1. The fraction of sp³-hybridized carbons (Fsp3) is 0.333. The molecule has 0 spiro atoms. The maximum absolute atomic E-state index is 11.7. The first-order chi connectivity index (χ1) is 6.97. The van der Waals surface area contributed by atoms with Crippen LogP contribution in [0.2, 0.25) is 5.02 Å². The minimum absolute atomic E-state index is 0.00567. The van der Waals surface area contributed by atoms with Gasteiger partial charge in [-0.05, 0) is 24.6 Å². The molecule has 0 heterocycles. The molecule has 0 bridgehead atoms. The molecule has 6 heteroatoms. The van der Waals surface area contributed by atoms with Crippen LogP contribution in [0.3, 0.4) is 0 Å². The third-order valence-corrected chi connectivity index (χ3v) is 3.68. The number of aliphatic hydroxyl groups excluding tert-OH is 1. The van der Waals surface area contributed by atoms with E-state index in [2.05, 4.69) is 4.72 Å². The van der Waals surface area contributed by atoms with Gasteiger partial charge in [0, 0.05) is 11.6 Å². The number of sulfonamides is 1. The average molecular weight is 250 g/mol. The second-order valence-corrected chi connectivity index (χ2v) is 5.20. The van der Waals surface area contributed by atoms with Crippen LogP contribution in [0.15, 0.2) is 23.1 Å². The van der Waals surface area contributed by atoms with E-state index < -0.39 is 10.0 Å². The van der Waals surface area contributed by atoms with Gasteiger partial charge in [-0.2, -0.15) is 0 Å². The van der Waals surface area contributed by atoms with Gasteiger partial charge in [-0.1, -0.05) is 17.7 Å². The minimum atomic E-state index is -3.57. The number of hydrogen-bond donors (Lipinski definition) is 2. The smallest absolute Gasteiger partial charge is 0.240 e. The number of nitrogens with one attached hydrogen (secondary N) is 1. The largest absolute Gasteiger partial charge is 0.395 e. The highest BCUT2D eigenvalue weighted by Gasteiger charge is 2.16. The van der Waals surface area contributed by atoms with E-state index in [-0.39, 0.29) is 18.0 Å². The third-order valence-electron chi connectivity index (χ3n) is 1.84. The molecule has 2 N–H and O–H groups in total. The molecule has 0 aromatic heterocycles. The molecule has 0 amide bonds. The summed E-state index contributed by atoms with van der Waals surface area (Å²) in [4.78, 5) is 0.142. The molecule has 0 saturated heterocycles. The average Bonchev–Trinajstić information content (AvgIpc) is 2.18. The maximum Gasteiger partial charge on any atom is 0.240 e. The molecule has 15 heavy (non-hydrogen) atoms. The molecule has 0 aliphatic carbocycles. The Kier molecular flexibility index (Phi) is 4.10. The monoisotopic (exact) mass is 249 g/mol. The van der Waals surface area contributed by atoms with E-state index in [1.807, 2.05) is 0 Å². The molecule has 4 nitrogen and oxygen atoms in total. The van der Waals surface area contributed by atoms with E-state index in [9.17, 15) is 8.42 Å². The van der Waals surface area contributed by atoms with Gasteiger partial charge in [0.25, 0.3) is 0 Å². The van der Waals surface area contributed by atoms with E-state index in [4.69, 9.17) is 16.7 Å². The molecule has 0 unspecified atom stereocenters. The van der Waals surface area contributed by atoms with Crippen molar-refractivity contribution in [1.29, 1.82) is 0 Å². The summed E-state index contributed by atoms with van der Waals surface area (Å²) in [5, 5.41) is 8.91. The van der Waals surface area contributed by atoms with Crippen molar-refractivity contribution in [1.82, 2.24) is 4.72 Å². The molecule has 0 atom stereocenters. The summed E-state index contributed by atoms with van der Waals surface area (Å²) in [5.74, 6) is 0. The van der Waals surface area contributed by atoms with Gasteiger partial charge in [0.1, 0.15) is 0 Å². The summed E-state index contributed by atoms with van der Waals surface area (Å²) < 4.78 is 25.6. The number of rotatable bonds is 4. The molecule has 0 aliphatic rings. The van der Waals surface area contributed by atoms with Gasteiger partial charge in [0.15, 0.2) is 0 Å². The van der Waals surface area contributed by atoms with Crippen LogP contribution in [0.4, 0.5) is 0 Å². The standard InChI is InChI=1S/C9H12ClNO3S/c1-7-2-3-8(10)6-9(7)15(13,14)11-4-5-12/h2-3,6,11-12H,4-5H2,1H3. The Hall–Kier alpha value is -0.620. The van der Waals surface area contributed by atoms with Crippen LogP contribution in [0, 0.1) is 6.92 Å². The van der Waals surface area contributed by atoms with E-state index in [0.29, 0.717) is 10.6 Å². The third kappa shape index (κ3) is 3.17. The Morgan fingerprint density at radius 3 is 2.73 bits per heavy atom. The number of hydrogen-bond acceptors (Lipinski definition) is 3. The van der Waals surface area contributed by atoms with Crippen LogP contribution in [0.5, 0.6) is 0 Å². The van der Waals surface area contributed by atoms with Crippen LogP contribution >= 0.6 is 11.6 Å². The first-order valence-electron chi connectivity index (χ1n) is 4.34. The summed E-state index contributed by atoms with van der Waals surface area (Å²) in [6.45, 7) is 1.44. The predicted octanol–water partition coefficient (Wildman–Crippen LogP) is 0.919. The zero-order chi connectivity index (χ0) is 11.5. The van der Waals surface area contributed by atoms with E-state index >= 15 is 0 Å². The minimum Gasteiger partial charge on any atom is -0.395 e. The van der Waals surface area contributed by atoms with Crippen LogP contribution in [-0.2, 0) is 10.0 Å². The van der Waals surface area contributed by atoms with E-state index in [1.54, 1.807) is 19.1 Å². The Bertz CT molecular complexity index is 445. The molecule has 1 rings (SSSR count). The molecule has 0 aliphatic heterocycles. The summed E-state index contributed by atoms with van der Waals surface area (Å²) in [6.07, 6.45) is 0. The number of aryl methyl sites for hydroxylation is 1. The Morgan fingerprint density at radius 2 is 2.13 bits per heavy atom. The summed E-state index contributed by atoms with van der Waals surface area (Å²) in [5.41, 5.74) is 0.616. The van der Waals surface area contributed by atoms with Gasteiger partial charge in [0.05, 0.1) is 11.5 Å². The fourth-order valence-electron chi connectivity index (χ4n) is 1.12. The Balaban J connectivity index is 3.09. The van der Waals surface area contributed by atoms with Crippen LogP contribution in [-0.4, -0.2) is 26.7 Å². The number of aliphatic hydroxyl groups is 1. The summed E-state index contributed by atoms with van der Waals surface area (Å²) in [7, 11) is -3.57. The van der Waals surface area contributed by atoms with E-state index in [0.717, 1.165) is 0 Å². The Labute approximate surface area is 93.9 Å². The van der Waals surface area contributed by atoms with Gasteiger partial charge in [-0.25, -0.2) is 13.1 Å². The molecule has 1 aromatic carbocycles. The zero-order valence-corrected chi connectivity index (χ0v) is 9.77. The first-order valence-corrected chi connectivity index (χ1v) is 6.20. The lowest BCUT2D eigenvalue weighted by Crippen LogP contribution is -2.27. The van der Waals surface area contributed by atoms with Crippen molar-refractivity contribution in [3.63, 3.8) is 0 Å². The van der Waals surface area contributed by atoms with Gasteiger partial charge in [-0.15, -0.1) is 0 Å². The van der Waals surface area contributed by atoms with Crippen molar-refractivity contribution in [2.24, 2.45) is 0 Å². The summed E-state index contributed by atoms with van der Waals surface area (Å²) >= 11 is 5.72. The highest BCUT2D eigenvalue weighted by molar-refractivity contribution is 7.89. The van der Waals surface area contributed by atoms with Gasteiger partial charge < -0.3 is 5.11 Å². The quantitative estimate of drug-likeness (QED) is 0.834.